The Morgan fingerprint density at radius 2 is 1.62 bits per heavy atom. The van der Waals surface area contributed by atoms with Crippen molar-refractivity contribution in [2.45, 2.75) is 57.5 Å². The molecule has 0 amide bonds. The Labute approximate surface area is 112 Å². The fraction of sp³-hybridized carbons (Fsp3) is 0.917. The first-order valence-electron chi connectivity index (χ1n) is 6.06. The predicted octanol–water partition coefficient (Wildman–Crippen LogP) is 4.28. The van der Waals surface area contributed by atoms with E-state index in [0.717, 1.165) is 30.5 Å². The lowest BCUT2D eigenvalue weighted by Crippen LogP contribution is -2.13. The second kappa shape index (κ2) is 13.3. The summed E-state index contributed by atoms with van der Waals surface area (Å²) < 4.78 is 4.91. The van der Waals surface area contributed by atoms with Gasteiger partial charge in [-0.05, 0) is 19.3 Å². The average Bonchev–Trinajstić information content (AvgIpc) is 2.31. The molecule has 16 heavy (non-hydrogen) atoms. The highest BCUT2D eigenvalue weighted by molar-refractivity contribution is 9.09. The van der Waals surface area contributed by atoms with E-state index in [4.69, 9.17) is 16.3 Å². The van der Waals surface area contributed by atoms with Crippen LogP contribution in [0, 0.1) is 0 Å². The van der Waals surface area contributed by atoms with E-state index in [9.17, 15) is 4.79 Å². The van der Waals surface area contributed by atoms with E-state index >= 15 is 0 Å². The first-order chi connectivity index (χ1) is 7.85. The molecule has 0 aromatic heterocycles. The molecular weight excluding hydrogens is 291 g/mol. The van der Waals surface area contributed by atoms with Crippen LogP contribution >= 0.6 is 27.5 Å². The molecule has 0 N–H and O–H groups in total. The summed E-state index contributed by atoms with van der Waals surface area (Å²) in [5.74, 6) is 0.788. The molecule has 0 bridgehead atoms. The third-order valence-corrected chi connectivity index (χ3v) is 3.57. The van der Waals surface area contributed by atoms with Gasteiger partial charge < -0.3 is 4.74 Å². The van der Waals surface area contributed by atoms with Gasteiger partial charge in [-0.15, -0.1) is 11.6 Å². The summed E-state index contributed by atoms with van der Waals surface area (Å²) in [5, 5.41) is 0.738. The highest BCUT2D eigenvalue weighted by Gasteiger charge is 2.05. The molecule has 96 valence electrons. The fourth-order valence-electron chi connectivity index (χ4n) is 1.61. The van der Waals surface area contributed by atoms with Crippen LogP contribution in [0.3, 0.4) is 0 Å². The minimum absolute atomic E-state index is 0.0498. The summed E-state index contributed by atoms with van der Waals surface area (Å²) in [6.07, 6.45) is 9.64. The summed E-state index contributed by atoms with van der Waals surface area (Å²) in [4.78, 5) is 10.2. The van der Waals surface area contributed by atoms with Crippen LogP contribution in [0.15, 0.2) is 0 Å². The fourth-order valence-corrected chi connectivity index (χ4v) is 2.28. The van der Waals surface area contributed by atoms with Crippen molar-refractivity contribution in [3.8, 4) is 0 Å². The smallest absolute Gasteiger partial charge is 0.293 e. The second-order valence-electron chi connectivity index (χ2n) is 3.96. The summed E-state index contributed by atoms with van der Waals surface area (Å²) in [7, 11) is 0. The highest BCUT2D eigenvalue weighted by Crippen LogP contribution is 2.12. The lowest BCUT2D eigenvalue weighted by Gasteiger charge is -2.11. The SMILES string of the molecule is O=COC(CBr)CCCCCCCCCCl. The summed E-state index contributed by atoms with van der Waals surface area (Å²) >= 11 is 8.93. The number of carbonyl (C=O) groups excluding carboxylic acids is 1. The van der Waals surface area contributed by atoms with Gasteiger partial charge in [-0.1, -0.05) is 48.0 Å². The molecule has 0 aromatic rings. The van der Waals surface area contributed by atoms with Gasteiger partial charge in [0.05, 0.1) is 0 Å². The van der Waals surface area contributed by atoms with Crippen molar-refractivity contribution in [1.29, 1.82) is 0 Å². The molecule has 0 aliphatic heterocycles. The molecule has 0 radical (unpaired) electrons. The lowest BCUT2D eigenvalue weighted by molar-refractivity contribution is -0.132. The van der Waals surface area contributed by atoms with E-state index in [2.05, 4.69) is 15.9 Å². The maximum absolute atomic E-state index is 10.2. The van der Waals surface area contributed by atoms with Crippen LogP contribution in [0.2, 0.25) is 0 Å². The zero-order chi connectivity index (χ0) is 12.1. The maximum Gasteiger partial charge on any atom is 0.293 e. The zero-order valence-corrected chi connectivity index (χ0v) is 12.1. The Balaban J connectivity index is 3.15. The lowest BCUT2D eigenvalue weighted by atomic mass is 10.1. The van der Waals surface area contributed by atoms with Crippen molar-refractivity contribution in [3.63, 3.8) is 0 Å². The maximum atomic E-state index is 10.2. The van der Waals surface area contributed by atoms with Gasteiger partial charge in [0.2, 0.25) is 0 Å². The predicted molar refractivity (Wildman–Crippen MR) is 72.4 cm³/mol. The van der Waals surface area contributed by atoms with Crippen LogP contribution in [-0.4, -0.2) is 23.8 Å². The molecule has 4 heteroatoms. The van der Waals surface area contributed by atoms with Gasteiger partial charge in [0.1, 0.15) is 6.10 Å². The molecule has 0 aromatic carbocycles. The Morgan fingerprint density at radius 3 is 2.12 bits per heavy atom. The van der Waals surface area contributed by atoms with Crippen LogP contribution in [0.25, 0.3) is 0 Å². The summed E-state index contributed by atoms with van der Waals surface area (Å²) in [6, 6.07) is 0. The van der Waals surface area contributed by atoms with Crippen molar-refractivity contribution in [2.24, 2.45) is 0 Å². The summed E-state index contributed by atoms with van der Waals surface area (Å²) in [5.41, 5.74) is 0. The van der Waals surface area contributed by atoms with Gasteiger partial charge in [0.25, 0.3) is 6.47 Å². The Morgan fingerprint density at radius 1 is 1.06 bits per heavy atom. The standard InChI is InChI=1S/C12H22BrClO2/c13-10-12(16-11-15)8-6-4-2-1-3-5-7-9-14/h11-12H,1-10H2. The number of hydrogen-bond acceptors (Lipinski definition) is 2. The van der Waals surface area contributed by atoms with E-state index < -0.39 is 0 Å². The van der Waals surface area contributed by atoms with E-state index in [0.29, 0.717) is 6.47 Å². The van der Waals surface area contributed by atoms with Crippen molar-refractivity contribution in [2.75, 3.05) is 11.2 Å². The molecule has 0 heterocycles. The van der Waals surface area contributed by atoms with Gasteiger partial charge >= 0.3 is 0 Å². The van der Waals surface area contributed by atoms with Crippen LogP contribution < -0.4 is 0 Å². The molecule has 0 spiro atoms. The van der Waals surface area contributed by atoms with E-state index in [1.165, 1.54) is 32.1 Å². The number of hydrogen-bond donors (Lipinski definition) is 0. The number of ether oxygens (including phenoxy) is 1. The van der Waals surface area contributed by atoms with Gasteiger partial charge in [-0.25, -0.2) is 0 Å². The molecule has 0 aliphatic rings. The van der Waals surface area contributed by atoms with Crippen LogP contribution in [0.4, 0.5) is 0 Å². The minimum Gasteiger partial charge on any atom is -0.464 e. The number of halogens is 2. The van der Waals surface area contributed by atoms with Crippen molar-refractivity contribution >= 4 is 34.0 Å². The number of alkyl halides is 2. The number of unbranched alkanes of at least 4 members (excludes halogenated alkanes) is 6. The topological polar surface area (TPSA) is 26.3 Å². The summed E-state index contributed by atoms with van der Waals surface area (Å²) in [6.45, 7) is 0.540. The number of carbonyl (C=O) groups is 1. The van der Waals surface area contributed by atoms with Crippen LogP contribution in [-0.2, 0) is 9.53 Å². The van der Waals surface area contributed by atoms with Crippen LogP contribution in [0.5, 0.6) is 0 Å². The highest BCUT2D eigenvalue weighted by atomic mass is 79.9. The molecule has 0 aliphatic carbocycles. The monoisotopic (exact) mass is 312 g/mol. The molecule has 0 rings (SSSR count). The molecule has 0 saturated carbocycles. The Hall–Kier alpha value is 0.240. The number of rotatable bonds is 12. The molecule has 2 nitrogen and oxygen atoms in total. The Bertz CT molecular complexity index is 156. The third-order valence-electron chi connectivity index (χ3n) is 2.58. The second-order valence-corrected chi connectivity index (χ2v) is 4.99. The quantitative estimate of drug-likeness (QED) is 0.305. The van der Waals surface area contributed by atoms with Crippen molar-refractivity contribution in [3.05, 3.63) is 0 Å². The first-order valence-corrected chi connectivity index (χ1v) is 7.71. The van der Waals surface area contributed by atoms with E-state index in [-0.39, 0.29) is 6.10 Å². The zero-order valence-electron chi connectivity index (χ0n) is 9.80. The molecule has 1 unspecified atom stereocenters. The Kier molecular flexibility index (Phi) is 13.5. The first kappa shape index (κ1) is 16.2. The third kappa shape index (κ3) is 10.7. The van der Waals surface area contributed by atoms with Gasteiger partial charge in [0.15, 0.2) is 0 Å². The normalized spacial score (nSPS) is 12.4. The van der Waals surface area contributed by atoms with Crippen molar-refractivity contribution in [1.82, 2.24) is 0 Å². The largest absolute Gasteiger partial charge is 0.464 e. The molecule has 1 atom stereocenters. The molecular formula is C12H22BrClO2. The van der Waals surface area contributed by atoms with E-state index in [1.54, 1.807) is 0 Å². The average molecular weight is 314 g/mol. The minimum atomic E-state index is 0.0498. The van der Waals surface area contributed by atoms with Gasteiger partial charge in [-0.3, -0.25) is 4.79 Å². The molecule has 0 saturated heterocycles. The van der Waals surface area contributed by atoms with Gasteiger partial charge in [-0.2, -0.15) is 0 Å². The van der Waals surface area contributed by atoms with Crippen molar-refractivity contribution < 1.29 is 9.53 Å². The van der Waals surface area contributed by atoms with E-state index in [1.807, 2.05) is 0 Å². The molecule has 0 fully saturated rings. The van der Waals surface area contributed by atoms with Gasteiger partial charge in [0, 0.05) is 11.2 Å². The van der Waals surface area contributed by atoms with Crippen LogP contribution in [0.1, 0.15) is 51.4 Å².